The van der Waals surface area contributed by atoms with Gasteiger partial charge in [-0.2, -0.15) is 8.78 Å². The molecule has 4 rings (SSSR count). The minimum Gasteiger partial charge on any atom is -0.375 e. The summed E-state index contributed by atoms with van der Waals surface area (Å²) in [7, 11) is -0.0734. The molecule has 0 radical (unpaired) electrons. The van der Waals surface area contributed by atoms with Crippen molar-refractivity contribution in [3.8, 4) is 0 Å². The van der Waals surface area contributed by atoms with Crippen LogP contribution in [0.4, 0.5) is 8.78 Å². The number of nitrogens with zero attached hydrogens (tertiary/aromatic N) is 1. The summed E-state index contributed by atoms with van der Waals surface area (Å²) in [6.45, 7) is 6.16. The molecule has 0 aliphatic heterocycles. The number of hydrogen-bond donors (Lipinski definition) is 0. The molecule has 0 fully saturated rings. The van der Waals surface area contributed by atoms with Gasteiger partial charge < -0.3 is 9.03 Å². The zero-order chi connectivity index (χ0) is 21.6. The van der Waals surface area contributed by atoms with E-state index >= 15 is 0 Å². The maximum Gasteiger partial charge on any atom is 4.00 e. The zero-order valence-corrected chi connectivity index (χ0v) is 20.8. The van der Waals surface area contributed by atoms with E-state index < -0.39 is 14.9 Å². The van der Waals surface area contributed by atoms with Crippen molar-refractivity contribution < 1.29 is 35.0 Å². The van der Waals surface area contributed by atoms with Crippen LogP contribution in [0.5, 0.6) is 0 Å². The predicted molar refractivity (Wildman–Crippen MR) is 119 cm³/mol. The molecule has 0 unspecified atom stereocenters. The summed E-state index contributed by atoms with van der Waals surface area (Å²) in [6.07, 6.45) is 1.04. The number of rotatable bonds is 3. The Morgan fingerprint density at radius 1 is 0.968 bits per heavy atom. The maximum absolute atomic E-state index is 14.1. The smallest absolute Gasteiger partial charge is 0.375 e. The van der Waals surface area contributed by atoms with Gasteiger partial charge in [-0.3, -0.25) is 0 Å². The predicted octanol–water partition coefficient (Wildman–Crippen LogP) is 6.54. The Labute approximate surface area is 199 Å². The number of fused-ring (bicyclic) bond motifs is 4. The third-order valence-electron chi connectivity index (χ3n) is 6.03. The van der Waals surface area contributed by atoms with Gasteiger partial charge in [-0.1, -0.05) is 60.2 Å². The topological polar surface area (TPSA) is 20.3 Å². The van der Waals surface area contributed by atoms with Crippen LogP contribution in [-0.4, -0.2) is 26.0 Å². The Bertz CT molecular complexity index is 1140. The fraction of sp³-hybridized carbons (Fsp3) is 0.280. The largest absolute Gasteiger partial charge is 4.00 e. The first-order valence-corrected chi connectivity index (χ1v) is 11.7. The maximum atomic E-state index is 14.1. The van der Waals surface area contributed by atoms with Crippen LogP contribution in [-0.2, 0) is 26.2 Å². The summed E-state index contributed by atoms with van der Waals surface area (Å²) in [5.41, 5.74) is 5.69. The van der Waals surface area contributed by atoms with Crippen molar-refractivity contribution in [3.05, 3.63) is 88.5 Å². The van der Waals surface area contributed by atoms with Gasteiger partial charge in [0.15, 0.2) is 0 Å². The van der Waals surface area contributed by atoms with Crippen molar-refractivity contribution in [2.45, 2.75) is 38.8 Å². The second-order valence-electron chi connectivity index (χ2n) is 8.90. The van der Waals surface area contributed by atoms with E-state index in [-0.39, 0.29) is 32.8 Å². The van der Waals surface area contributed by atoms with Crippen molar-refractivity contribution >= 4 is 25.6 Å². The molecule has 0 spiro atoms. The van der Waals surface area contributed by atoms with Crippen LogP contribution in [0.25, 0.3) is 16.7 Å². The summed E-state index contributed by atoms with van der Waals surface area (Å²) in [4.78, 5) is 0. The molecule has 0 saturated heterocycles. The molecule has 0 bridgehead atoms. The fourth-order valence-electron chi connectivity index (χ4n) is 4.19. The third-order valence-corrected chi connectivity index (χ3v) is 8.21. The van der Waals surface area contributed by atoms with E-state index in [1.807, 2.05) is 35.9 Å². The molecule has 2 aromatic carbocycles. The van der Waals surface area contributed by atoms with Gasteiger partial charge in [0.2, 0.25) is 0 Å². The van der Waals surface area contributed by atoms with Gasteiger partial charge in [0.25, 0.3) is 6.08 Å². The van der Waals surface area contributed by atoms with Crippen LogP contribution < -0.4 is 0 Å². The Morgan fingerprint density at radius 2 is 1.48 bits per heavy atom. The van der Waals surface area contributed by atoms with Crippen LogP contribution in [0, 0.1) is 0 Å². The van der Waals surface area contributed by atoms with E-state index in [1.165, 1.54) is 0 Å². The molecule has 0 aromatic heterocycles. The van der Waals surface area contributed by atoms with Crippen LogP contribution in [0.15, 0.2) is 66.3 Å². The van der Waals surface area contributed by atoms with E-state index in [0.29, 0.717) is 23.6 Å². The molecule has 0 heterocycles. The molecular weight excluding hydrogens is 444 g/mol. The first-order chi connectivity index (χ1) is 14.2. The van der Waals surface area contributed by atoms with Crippen LogP contribution in [0.3, 0.4) is 0 Å². The van der Waals surface area contributed by atoms with Crippen molar-refractivity contribution in [2.24, 2.45) is 0 Å². The third kappa shape index (κ3) is 4.36. The molecule has 0 amide bonds. The minimum atomic E-state index is -1.98. The number of benzene rings is 2. The molecule has 0 atom stereocenters. The Balaban J connectivity index is 0.00000272. The van der Waals surface area contributed by atoms with Crippen molar-refractivity contribution in [2.75, 3.05) is 7.05 Å². The number of allylic oxidation sites excluding steroid dienone is 4. The van der Waals surface area contributed by atoms with E-state index in [1.54, 1.807) is 24.3 Å². The van der Waals surface area contributed by atoms with Gasteiger partial charge in [-0.15, -0.1) is 0 Å². The SMILES string of the molecule is CN([Si](=O)CC1=CC2=C(C1)c1ccccc1C(=C(F)F)c1ccccc12)C(C)(C)C.[Ti+4]. The summed E-state index contributed by atoms with van der Waals surface area (Å²) in [5.74, 6) is 0. The minimum absolute atomic E-state index is 0. The van der Waals surface area contributed by atoms with Gasteiger partial charge >= 0.3 is 30.6 Å². The quantitative estimate of drug-likeness (QED) is 0.476. The molecule has 31 heavy (non-hydrogen) atoms. The Kier molecular flexibility index (Phi) is 6.80. The average molecular weight is 469 g/mol. The van der Waals surface area contributed by atoms with E-state index in [4.69, 9.17) is 0 Å². The molecular formula is C25H25F2NOSiTi+4. The second-order valence-corrected chi connectivity index (χ2v) is 10.7. The fourth-order valence-corrected chi connectivity index (χ4v) is 5.80. The van der Waals surface area contributed by atoms with Gasteiger partial charge in [-0.05, 0) is 60.6 Å². The van der Waals surface area contributed by atoms with Crippen LogP contribution >= 0.6 is 0 Å². The molecule has 0 N–H and O–H groups in total. The second kappa shape index (κ2) is 8.89. The van der Waals surface area contributed by atoms with Crippen LogP contribution in [0.2, 0.25) is 6.04 Å². The van der Waals surface area contributed by atoms with E-state index in [0.717, 1.165) is 27.8 Å². The van der Waals surface area contributed by atoms with Gasteiger partial charge in [-0.25, -0.2) is 0 Å². The molecule has 2 nitrogen and oxygen atoms in total. The zero-order valence-electron chi connectivity index (χ0n) is 18.2. The molecule has 2 aromatic rings. The van der Waals surface area contributed by atoms with Crippen molar-refractivity contribution in [1.29, 1.82) is 0 Å². The molecule has 0 saturated carbocycles. The Hall–Kier alpha value is -1.95. The molecule has 2 aliphatic carbocycles. The van der Waals surface area contributed by atoms with Gasteiger partial charge in [0.1, 0.15) is 0 Å². The normalized spacial score (nSPS) is 14.6. The monoisotopic (exact) mass is 469 g/mol. The summed E-state index contributed by atoms with van der Waals surface area (Å²) >= 11 is 0. The number of halogens is 2. The molecule has 154 valence electrons. The summed E-state index contributed by atoms with van der Waals surface area (Å²) < 4.78 is 43.1. The molecule has 6 heteroatoms. The van der Waals surface area contributed by atoms with Crippen LogP contribution in [0.1, 0.15) is 49.4 Å². The van der Waals surface area contributed by atoms with Gasteiger partial charge in [0.05, 0.1) is 5.57 Å². The van der Waals surface area contributed by atoms with Crippen molar-refractivity contribution in [3.63, 3.8) is 0 Å². The first kappa shape index (κ1) is 23.7. The standard InChI is InChI=1S/C25H25F2NOSi.Ti/c1-25(2,3)28(4)30(29)15-16-13-21-17-9-5-7-11-19(17)23(24(26)27)20-12-8-6-10-18(20)22(21)14-16;/h5-13H,14-15H2,1-4H3;/q;+4. The summed E-state index contributed by atoms with van der Waals surface area (Å²) in [6, 6.07) is 15.2. The van der Waals surface area contributed by atoms with E-state index in [2.05, 4.69) is 26.8 Å². The molecule has 2 aliphatic rings. The van der Waals surface area contributed by atoms with Gasteiger partial charge in [0, 0.05) is 18.6 Å². The average Bonchev–Trinajstić information content (AvgIpc) is 3.06. The van der Waals surface area contributed by atoms with E-state index in [9.17, 15) is 13.2 Å². The Morgan fingerprint density at radius 3 is 2.03 bits per heavy atom. The first-order valence-electron chi connectivity index (χ1n) is 10.1. The number of hydrogen-bond acceptors (Lipinski definition) is 1. The van der Waals surface area contributed by atoms with Crippen molar-refractivity contribution in [1.82, 2.24) is 4.57 Å². The summed E-state index contributed by atoms with van der Waals surface area (Å²) in [5, 5.41) is 0.